The third-order valence-corrected chi connectivity index (χ3v) is 3.86. The van der Waals surface area contributed by atoms with Crippen LogP contribution in [0, 0.1) is 0 Å². The molecule has 7 heteroatoms. The number of rotatable bonds is 7. The van der Waals surface area contributed by atoms with E-state index in [1.807, 2.05) is 24.3 Å². The van der Waals surface area contributed by atoms with Gasteiger partial charge >= 0.3 is 0 Å². The van der Waals surface area contributed by atoms with Crippen LogP contribution in [-0.4, -0.2) is 25.3 Å². The maximum absolute atomic E-state index is 5.39. The zero-order chi connectivity index (χ0) is 17.4. The monoisotopic (exact) mass is 458 g/mol. The van der Waals surface area contributed by atoms with Crippen molar-refractivity contribution in [3.8, 4) is 5.75 Å². The Morgan fingerprint density at radius 2 is 1.96 bits per heavy atom. The van der Waals surface area contributed by atoms with Crippen molar-refractivity contribution in [2.24, 2.45) is 4.99 Å². The second-order valence-electron chi connectivity index (χ2n) is 5.37. The van der Waals surface area contributed by atoms with Gasteiger partial charge in [-0.25, -0.2) is 0 Å². The van der Waals surface area contributed by atoms with Crippen LogP contribution in [0.3, 0.4) is 0 Å². The van der Waals surface area contributed by atoms with Crippen LogP contribution in [-0.2, 0) is 25.9 Å². The fourth-order valence-electron chi connectivity index (χ4n) is 2.50. The summed E-state index contributed by atoms with van der Waals surface area (Å²) in [7, 11) is 3.43. The maximum atomic E-state index is 5.39. The first-order valence-corrected chi connectivity index (χ1v) is 8.25. The van der Waals surface area contributed by atoms with Crippen LogP contribution in [0.1, 0.15) is 36.4 Å². The van der Waals surface area contributed by atoms with E-state index in [9.17, 15) is 0 Å². The summed E-state index contributed by atoms with van der Waals surface area (Å²) in [4.78, 5) is 4.27. The number of nitrogens with one attached hydrogen (secondary N) is 2. The van der Waals surface area contributed by atoms with Gasteiger partial charge in [0, 0.05) is 32.1 Å². The first-order chi connectivity index (χ1) is 11.7. The summed E-state index contributed by atoms with van der Waals surface area (Å²) in [6, 6.07) is 7.96. The minimum atomic E-state index is 0. The first-order valence-electron chi connectivity index (χ1n) is 8.25. The zero-order valence-corrected chi connectivity index (χ0v) is 17.6. The fraction of sp³-hybridized carbons (Fsp3) is 0.444. The van der Waals surface area contributed by atoms with Crippen molar-refractivity contribution in [3.63, 3.8) is 0 Å². The number of methoxy groups -OCH3 is 1. The largest absolute Gasteiger partial charge is 0.497 e. The molecule has 0 saturated heterocycles. The smallest absolute Gasteiger partial charge is 0.191 e. The minimum absolute atomic E-state index is 0. The van der Waals surface area contributed by atoms with Crippen LogP contribution < -0.4 is 15.4 Å². The molecule has 0 atom stereocenters. The number of hydrogen-bond acceptors (Lipinski definition) is 4. The number of ether oxygens (including phenoxy) is 1. The van der Waals surface area contributed by atoms with Crippen LogP contribution in [0.5, 0.6) is 5.75 Å². The lowest BCUT2D eigenvalue weighted by molar-refractivity contribution is 0.380. The van der Waals surface area contributed by atoms with E-state index in [0.29, 0.717) is 13.1 Å². The molecular formula is C18H27IN4O2. The van der Waals surface area contributed by atoms with Crippen LogP contribution >= 0.6 is 24.0 Å². The van der Waals surface area contributed by atoms with Gasteiger partial charge in [-0.15, -0.1) is 24.0 Å². The average Bonchev–Trinajstić information content (AvgIpc) is 3.04. The molecule has 6 nitrogen and oxygen atoms in total. The summed E-state index contributed by atoms with van der Waals surface area (Å²) in [5.74, 6) is 2.52. The van der Waals surface area contributed by atoms with Crippen LogP contribution in [0.4, 0.5) is 0 Å². The molecule has 0 spiro atoms. The summed E-state index contributed by atoms with van der Waals surface area (Å²) in [5.41, 5.74) is 3.26. The van der Waals surface area contributed by atoms with Gasteiger partial charge in [-0.3, -0.25) is 4.99 Å². The normalized spacial score (nSPS) is 11.0. The van der Waals surface area contributed by atoms with E-state index in [1.165, 1.54) is 0 Å². The van der Waals surface area contributed by atoms with Gasteiger partial charge in [0.25, 0.3) is 0 Å². The van der Waals surface area contributed by atoms with E-state index in [1.54, 1.807) is 14.2 Å². The molecule has 1 heterocycles. The number of guanidine groups is 1. The molecule has 2 N–H and O–H groups in total. The Hall–Kier alpha value is -1.77. The standard InChI is InChI=1S/C18H26N4O2.HI/c1-5-16-15(17(6-2)24-22-16)12-21-18(19-3)20-11-13-8-7-9-14(10-13)23-4;/h7-10H,5-6,11-12H2,1-4H3,(H2,19,20,21);1H. The molecule has 1 aromatic heterocycles. The molecule has 138 valence electrons. The number of aryl methyl sites for hydroxylation is 2. The summed E-state index contributed by atoms with van der Waals surface area (Å²) in [5, 5.41) is 10.8. The van der Waals surface area contributed by atoms with E-state index in [-0.39, 0.29) is 24.0 Å². The SMILES string of the molecule is CCc1noc(CC)c1CNC(=NC)NCc1cccc(OC)c1.I. The molecule has 25 heavy (non-hydrogen) atoms. The molecule has 0 aliphatic heterocycles. The molecule has 2 rings (SSSR count). The van der Waals surface area contributed by atoms with Gasteiger partial charge in [-0.05, 0) is 24.1 Å². The zero-order valence-electron chi connectivity index (χ0n) is 15.3. The molecule has 0 bridgehead atoms. The topological polar surface area (TPSA) is 71.7 Å². The van der Waals surface area contributed by atoms with Crippen molar-refractivity contribution < 1.29 is 9.26 Å². The van der Waals surface area contributed by atoms with E-state index >= 15 is 0 Å². The summed E-state index contributed by atoms with van der Waals surface area (Å²) in [6.07, 6.45) is 1.69. The van der Waals surface area contributed by atoms with Gasteiger partial charge in [0.05, 0.1) is 12.8 Å². The number of benzene rings is 1. The van der Waals surface area contributed by atoms with Crippen molar-refractivity contribution in [2.45, 2.75) is 39.8 Å². The Balaban J connectivity index is 0.00000312. The summed E-state index contributed by atoms with van der Waals surface area (Å²) < 4.78 is 10.6. The maximum Gasteiger partial charge on any atom is 0.191 e. The van der Waals surface area contributed by atoms with Crippen molar-refractivity contribution in [2.75, 3.05) is 14.2 Å². The molecule has 0 fully saturated rings. The Labute approximate surface area is 166 Å². The third kappa shape index (κ3) is 5.91. The summed E-state index contributed by atoms with van der Waals surface area (Å²) in [6.45, 7) is 5.46. The molecule has 0 aliphatic carbocycles. The predicted molar refractivity (Wildman–Crippen MR) is 111 cm³/mol. The molecule has 0 unspecified atom stereocenters. The number of halogens is 1. The number of aromatic nitrogens is 1. The van der Waals surface area contributed by atoms with Crippen molar-refractivity contribution in [1.29, 1.82) is 0 Å². The second-order valence-corrected chi connectivity index (χ2v) is 5.37. The fourth-order valence-corrected chi connectivity index (χ4v) is 2.50. The van der Waals surface area contributed by atoms with Crippen LogP contribution in [0.2, 0.25) is 0 Å². The third-order valence-electron chi connectivity index (χ3n) is 3.86. The lowest BCUT2D eigenvalue weighted by atomic mass is 10.1. The van der Waals surface area contributed by atoms with Crippen LogP contribution in [0.15, 0.2) is 33.8 Å². The summed E-state index contributed by atoms with van der Waals surface area (Å²) >= 11 is 0. The molecule has 0 amide bonds. The Morgan fingerprint density at radius 3 is 2.60 bits per heavy atom. The first kappa shape index (κ1) is 21.3. The highest BCUT2D eigenvalue weighted by Crippen LogP contribution is 2.15. The van der Waals surface area contributed by atoms with Gasteiger partial charge in [0.1, 0.15) is 11.5 Å². The predicted octanol–water partition coefficient (Wildman–Crippen LogP) is 3.29. The number of nitrogens with zero attached hydrogens (tertiary/aromatic N) is 2. The Kier molecular flexibility index (Phi) is 9.33. The molecule has 0 saturated carbocycles. The molecular weight excluding hydrogens is 431 g/mol. The minimum Gasteiger partial charge on any atom is -0.497 e. The quantitative estimate of drug-likeness (QED) is 0.379. The number of hydrogen-bond donors (Lipinski definition) is 2. The van der Waals surface area contributed by atoms with Crippen molar-refractivity contribution >= 4 is 29.9 Å². The molecule has 2 aromatic rings. The average molecular weight is 458 g/mol. The van der Waals surface area contributed by atoms with Gasteiger partial charge in [0.15, 0.2) is 5.96 Å². The Morgan fingerprint density at radius 1 is 1.20 bits per heavy atom. The highest BCUT2D eigenvalue weighted by molar-refractivity contribution is 14.0. The highest BCUT2D eigenvalue weighted by atomic mass is 127. The van der Waals surface area contributed by atoms with Crippen LogP contribution in [0.25, 0.3) is 0 Å². The second kappa shape index (κ2) is 11.0. The lowest BCUT2D eigenvalue weighted by Gasteiger charge is -2.12. The van der Waals surface area contributed by atoms with Gasteiger partial charge in [-0.1, -0.05) is 31.1 Å². The molecule has 1 aromatic carbocycles. The van der Waals surface area contributed by atoms with E-state index in [0.717, 1.165) is 47.1 Å². The van der Waals surface area contributed by atoms with Gasteiger partial charge in [-0.2, -0.15) is 0 Å². The molecule has 0 aliphatic rings. The van der Waals surface area contributed by atoms with Crippen molar-refractivity contribution in [3.05, 3.63) is 46.8 Å². The van der Waals surface area contributed by atoms with Gasteiger partial charge in [0.2, 0.25) is 0 Å². The number of aliphatic imine (C=N–C) groups is 1. The van der Waals surface area contributed by atoms with E-state index in [4.69, 9.17) is 9.26 Å². The van der Waals surface area contributed by atoms with Crippen molar-refractivity contribution in [1.82, 2.24) is 15.8 Å². The highest BCUT2D eigenvalue weighted by Gasteiger charge is 2.13. The lowest BCUT2D eigenvalue weighted by Crippen LogP contribution is -2.36. The Bertz CT molecular complexity index is 664. The van der Waals surface area contributed by atoms with E-state index in [2.05, 4.69) is 34.6 Å². The van der Waals surface area contributed by atoms with E-state index < -0.39 is 0 Å². The molecule has 0 radical (unpaired) electrons. The van der Waals surface area contributed by atoms with Gasteiger partial charge < -0.3 is 19.9 Å².